The second-order valence-electron chi connectivity index (χ2n) is 6.87. The number of nitrogens with one attached hydrogen (secondary N) is 2. The minimum Gasteiger partial charge on any atom is -0.497 e. The molecule has 33 heavy (non-hydrogen) atoms. The summed E-state index contributed by atoms with van der Waals surface area (Å²) in [6.45, 7) is -0.368. The number of carbonyl (C=O) groups excluding carboxylic acids is 2. The maximum atomic E-state index is 12.6. The molecule has 1 heterocycles. The lowest BCUT2D eigenvalue weighted by Gasteiger charge is -2.16. The van der Waals surface area contributed by atoms with Gasteiger partial charge in [-0.3, -0.25) is 9.59 Å². The maximum Gasteiger partial charge on any atom is 0.251 e. The van der Waals surface area contributed by atoms with E-state index < -0.39 is 6.04 Å². The van der Waals surface area contributed by atoms with Crippen LogP contribution in [-0.4, -0.2) is 58.3 Å². The molecule has 1 unspecified atom stereocenters. The van der Waals surface area contributed by atoms with Gasteiger partial charge in [0.1, 0.15) is 17.5 Å². The number of methoxy groups -OCH3 is 2. The zero-order valence-electron chi connectivity index (χ0n) is 18.4. The van der Waals surface area contributed by atoms with E-state index in [0.29, 0.717) is 33.7 Å². The van der Waals surface area contributed by atoms with Crippen molar-refractivity contribution in [3.8, 4) is 11.5 Å². The smallest absolute Gasteiger partial charge is 0.251 e. The third kappa shape index (κ3) is 6.02. The number of nitrogens with zero attached hydrogens (tertiary/aromatic N) is 3. The summed E-state index contributed by atoms with van der Waals surface area (Å²) in [4.78, 5) is 24.9. The molecule has 0 fully saturated rings. The van der Waals surface area contributed by atoms with E-state index in [0.717, 1.165) is 0 Å². The molecule has 0 aliphatic heterocycles. The predicted molar refractivity (Wildman–Crippen MR) is 124 cm³/mol. The van der Waals surface area contributed by atoms with Crippen LogP contribution < -0.4 is 20.1 Å². The van der Waals surface area contributed by atoms with Crippen molar-refractivity contribution in [3.63, 3.8) is 0 Å². The van der Waals surface area contributed by atoms with Gasteiger partial charge in [0.05, 0.1) is 32.3 Å². The molecule has 3 N–H and O–H groups in total. The normalized spacial score (nSPS) is 11.5. The Bertz CT molecular complexity index is 1100. The number of anilines is 1. The summed E-state index contributed by atoms with van der Waals surface area (Å²) in [5, 5.41) is 24.0. The van der Waals surface area contributed by atoms with Gasteiger partial charge in [-0.05, 0) is 36.4 Å². The minimum absolute atomic E-state index is 0.0893. The summed E-state index contributed by atoms with van der Waals surface area (Å²) in [6, 6.07) is 13.0. The summed E-state index contributed by atoms with van der Waals surface area (Å²) in [7, 11) is 4.78. The SMILES string of the molecule is COc1ccc(C(=O)NC(CO)c2nnc(SCC(=O)Nc3ccccc3OC)n2C)cc1. The number of thioether (sulfide) groups is 1. The molecule has 10 nitrogen and oxygen atoms in total. The fourth-order valence-corrected chi connectivity index (χ4v) is 3.71. The van der Waals surface area contributed by atoms with Crippen molar-refractivity contribution in [2.45, 2.75) is 11.2 Å². The standard InChI is InChI=1S/C22H25N5O5S/c1-27-20(17(12-28)24-21(30)14-8-10-15(31-2)11-9-14)25-26-22(27)33-13-19(29)23-16-6-4-5-7-18(16)32-3/h4-11,17,28H,12-13H2,1-3H3,(H,23,29)(H,24,30). The number of amides is 2. The predicted octanol–water partition coefficient (Wildman–Crippen LogP) is 2.03. The molecule has 0 radical (unpaired) electrons. The third-order valence-electron chi connectivity index (χ3n) is 4.73. The van der Waals surface area contributed by atoms with E-state index in [1.54, 1.807) is 61.2 Å². The average Bonchev–Trinajstić information content (AvgIpc) is 3.21. The van der Waals surface area contributed by atoms with E-state index in [2.05, 4.69) is 20.8 Å². The topological polar surface area (TPSA) is 128 Å². The summed E-state index contributed by atoms with van der Waals surface area (Å²) >= 11 is 1.18. The molecule has 0 saturated carbocycles. The van der Waals surface area contributed by atoms with Gasteiger partial charge in [0.2, 0.25) is 5.91 Å². The first-order valence-corrected chi connectivity index (χ1v) is 11.0. The highest BCUT2D eigenvalue weighted by Gasteiger charge is 2.22. The van der Waals surface area contributed by atoms with Crippen molar-refractivity contribution in [1.82, 2.24) is 20.1 Å². The fraction of sp³-hybridized carbons (Fsp3) is 0.273. The van der Waals surface area contributed by atoms with Crippen LogP contribution in [-0.2, 0) is 11.8 Å². The lowest BCUT2D eigenvalue weighted by atomic mass is 10.2. The van der Waals surface area contributed by atoms with Gasteiger partial charge in [0, 0.05) is 12.6 Å². The number of aromatic nitrogens is 3. The van der Waals surface area contributed by atoms with Crippen LogP contribution in [0, 0.1) is 0 Å². The molecule has 2 amide bonds. The van der Waals surface area contributed by atoms with Crippen LogP contribution in [0.3, 0.4) is 0 Å². The number of ether oxygens (including phenoxy) is 2. The molecular weight excluding hydrogens is 446 g/mol. The van der Waals surface area contributed by atoms with Crippen molar-refractivity contribution in [3.05, 3.63) is 59.9 Å². The van der Waals surface area contributed by atoms with Gasteiger partial charge in [0.15, 0.2) is 11.0 Å². The highest BCUT2D eigenvalue weighted by Crippen LogP contribution is 2.24. The van der Waals surface area contributed by atoms with Crippen LogP contribution in [0.4, 0.5) is 5.69 Å². The molecule has 0 aliphatic rings. The van der Waals surface area contributed by atoms with Crippen LogP contribution in [0.25, 0.3) is 0 Å². The molecule has 174 valence electrons. The maximum absolute atomic E-state index is 12.6. The summed E-state index contributed by atoms with van der Waals surface area (Å²) in [6.07, 6.45) is 0. The molecule has 2 aromatic carbocycles. The average molecular weight is 472 g/mol. The van der Waals surface area contributed by atoms with Crippen molar-refractivity contribution in [2.75, 3.05) is 31.9 Å². The van der Waals surface area contributed by atoms with E-state index in [1.807, 2.05) is 6.07 Å². The number of aliphatic hydroxyl groups is 1. The second kappa shape index (κ2) is 11.3. The van der Waals surface area contributed by atoms with E-state index in [4.69, 9.17) is 9.47 Å². The van der Waals surface area contributed by atoms with Crippen molar-refractivity contribution in [1.29, 1.82) is 0 Å². The lowest BCUT2D eigenvalue weighted by molar-refractivity contribution is -0.113. The minimum atomic E-state index is -0.770. The van der Waals surface area contributed by atoms with E-state index in [1.165, 1.54) is 18.9 Å². The largest absolute Gasteiger partial charge is 0.497 e. The Morgan fingerprint density at radius 3 is 2.48 bits per heavy atom. The first-order chi connectivity index (χ1) is 16.0. The summed E-state index contributed by atoms with van der Waals surface area (Å²) < 4.78 is 12.0. The molecular formula is C22H25N5O5S. The molecule has 11 heteroatoms. The van der Waals surface area contributed by atoms with Gasteiger partial charge in [-0.1, -0.05) is 23.9 Å². The monoisotopic (exact) mass is 471 g/mol. The second-order valence-corrected chi connectivity index (χ2v) is 7.82. The zero-order valence-corrected chi connectivity index (χ0v) is 19.3. The molecule has 0 aliphatic carbocycles. The van der Waals surface area contributed by atoms with Crippen LogP contribution in [0.1, 0.15) is 22.2 Å². The van der Waals surface area contributed by atoms with Gasteiger partial charge in [-0.2, -0.15) is 0 Å². The highest BCUT2D eigenvalue weighted by molar-refractivity contribution is 7.99. The van der Waals surface area contributed by atoms with Gasteiger partial charge in [-0.25, -0.2) is 0 Å². The molecule has 3 rings (SSSR count). The third-order valence-corrected chi connectivity index (χ3v) is 5.75. The highest BCUT2D eigenvalue weighted by atomic mass is 32.2. The number of para-hydroxylation sites is 2. The van der Waals surface area contributed by atoms with Gasteiger partial charge in [-0.15, -0.1) is 10.2 Å². The summed E-state index contributed by atoms with van der Waals surface area (Å²) in [5.41, 5.74) is 0.991. The molecule has 1 atom stereocenters. The van der Waals surface area contributed by atoms with Crippen molar-refractivity contribution < 1.29 is 24.2 Å². The van der Waals surface area contributed by atoms with E-state index in [-0.39, 0.29) is 24.2 Å². The van der Waals surface area contributed by atoms with E-state index in [9.17, 15) is 14.7 Å². The number of rotatable bonds is 10. The van der Waals surface area contributed by atoms with Crippen LogP contribution >= 0.6 is 11.8 Å². The quantitative estimate of drug-likeness (QED) is 0.383. The van der Waals surface area contributed by atoms with Gasteiger partial charge >= 0.3 is 0 Å². The first-order valence-electron chi connectivity index (χ1n) is 9.97. The number of hydrogen-bond acceptors (Lipinski definition) is 8. The molecule has 1 aromatic heterocycles. The van der Waals surface area contributed by atoms with Crippen LogP contribution in [0.2, 0.25) is 0 Å². The van der Waals surface area contributed by atoms with E-state index >= 15 is 0 Å². The number of hydrogen-bond donors (Lipinski definition) is 3. The Balaban J connectivity index is 1.62. The molecule has 0 spiro atoms. The Morgan fingerprint density at radius 1 is 1.09 bits per heavy atom. The van der Waals surface area contributed by atoms with Crippen LogP contribution in [0.5, 0.6) is 11.5 Å². The number of benzene rings is 2. The Hall–Kier alpha value is -3.57. The van der Waals surface area contributed by atoms with Crippen molar-refractivity contribution >= 4 is 29.3 Å². The Labute approximate surface area is 195 Å². The van der Waals surface area contributed by atoms with Crippen LogP contribution in [0.15, 0.2) is 53.7 Å². The van der Waals surface area contributed by atoms with Gasteiger partial charge in [0.25, 0.3) is 5.91 Å². The summed E-state index contributed by atoms with van der Waals surface area (Å²) in [5.74, 6) is 1.05. The van der Waals surface area contributed by atoms with Crippen molar-refractivity contribution in [2.24, 2.45) is 7.05 Å². The fourth-order valence-electron chi connectivity index (χ4n) is 3.00. The lowest BCUT2D eigenvalue weighted by Crippen LogP contribution is -2.32. The molecule has 0 bridgehead atoms. The molecule has 3 aromatic rings. The number of aliphatic hydroxyl groups excluding tert-OH is 1. The first kappa shape index (κ1) is 24.1. The van der Waals surface area contributed by atoms with Gasteiger partial charge < -0.3 is 29.8 Å². The Morgan fingerprint density at radius 2 is 1.82 bits per heavy atom. The number of carbonyl (C=O) groups is 2. The molecule has 0 saturated heterocycles. The zero-order chi connectivity index (χ0) is 23.8. The Kier molecular flexibility index (Phi) is 8.28.